The van der Waals surface area contributed by atoms with Gasteiger partial charge in [-0.3, -0.25) is 9.59 Å². The van der Waals surface area contributed by atoms with E-state index in [4.69, 9.17) is 14.3 Å². The fraction of sp³-hybridized carbons (Fsp3) is 0.471. The summed E-state index contributed by atoms with van der Waals surface area (Å²) in [5, 5.41) is 4.06. The van der Waals surface area contributed by atoms with Crippen molar-refractivity contribution >= 4 is 17.5 Å². The van der Waals surface area contributed by atoms with Crippen LogP contribution in [0.2, 0.25) is 0 Å². The Morgan fingerprint density at radius 2 is 2.00 bits per heavy atom. The van der Waals surface area contributed by atoms with Gasteiger partial charge in [-0.05, 0) is 43.7 Å². The molecule has 124 valence electrons. The Morgan fingerprint density at radius 3 is 2.57 bits per heavy atom. The molecule has 1 unspecified atom stereocenters. The molecule has 0 spiro atoms. The van der Waals surface area contributed by atoms with E-state index in [2.05, 4.69) is 5.16 Å². The minimum atomic E-state index is -1.08. The third-order valence-electron chi connectivity index (χ3n) is 3.89. The first-order valence-electron chi connectivity index (χ1n) is 7.57. The van der Waals surface area contributed by atoms with E-state index in [1.54, 1.807) is 14.0 Å². The van der Waals surface area contributed by atoms with Gasteiger partial charge in [0.15, 0.2) is 5.78 Å². The van der Waals surface area contributed by atoms with Crippen molar-refractivity contribution in [1.29, 1.82) is 0 Å². The number of ketones is 1. The molecule has 1 aliphatic rings. The number of rotatable bonds is 7. The summed E-state index contributed by atoms with van der Waals surface area (Å²) in [7, 11) is 1.60. The first-order valence-corrected chi connectivity index (χ1v) is 7.57. The van der Waals surface area contributed by atoms with E-state index in [0.717, 1.165) is 11.3 Å². The quantitative estimate of drug-likeness (QED) is 0.722. The number of ether oxygens (including phenoxy) is 2. The fourth-order valence-electron chi connectivity index (χ4n) is 2.45. The van der Waals surface area contributed by atoms with E-state index in [1.807, 2.05) is 24.3 Å². The Hall–Kier alpha value is -2.37. The molecule has 0 bridgehead atoms. The number of esters is 1. The maximum atomic E-state index is 12.0. The first-order chi connectivity index (χ1) is 11.0. The lowest BCUT2D eigenvalue weighted by Gasteiger charge is -2.22. The molecule has 1 atom stereocenters. The largest absolute Gasteiger partial charge is 0.497 e. The van der Waals surface area contributed by atoms with E-state index in [9.17, 15) is 9.59 Å². The fourth-order valence-corrected chi connectivity index (χ4v) is 2.45. The molecule has 1 aromatic rings. The Kier molecular flexibility index (Phi) is 5.36. The monoisotopic (exact) mass is 319 g/mol. The number of carbonyl (C=O) groups excluding carboxylic acids is 2. The minimum absolute atomic E-state index is 0.124. The summed E-state index contributed by atoms with van der Waals surface area (Å²) in [6.07, 6.45) is 0.719. The maximum absolute atomic E-state index is 12.0. The number of carbonyl (C=O) groups is 2. The van der Waals surface area contributed by atoms with E-state index in [-0.39, 0.29) is 24.6 Å². The van der Waals surface area contributed by atoms with Gasteiger partial charge in [-0.25, -0.2) is 0 Å². The predicted octanol–water partition coefficient (Wildman–Crippen LogP) is 2.49. The Bertz CT molecular complexity index is 608. The van der Waals surface area contributed by atoms with Gasteiger partial charge in [0.2, 0.25) is 5.60 Å². The zero-order valence-electron chi connectivity index (χ0n) is 13.6. The SMILES string of the molecule is CCOC(=O)CCC1(C(C)=O)CC(c2ccc(OC)cc2)=NO1. The van der Waals surface area contributed by atoms with Gasteiger partial charge in [-0.1, -0.05) is 5.16 Å². The van der Waals surface area contributed by atoms with Gasteiger partial charge in [0.05, 0.1) is 19.4 Å². The lowest BCUT2D eigenvalue weighted by Crippen LogP contribution is -2.38. The van der Waals surface area contributed by atoms with Crippen LogP contribution in [0.1, 0.15) is 38.7 Å². The molecule has 23 heavy (non-hydrogen) atoms. The second-order valence-electron chi connectivity index (χ2n) is 5.39. The molecular formula is C17H21NO5. The molecule has 1 aromatic carbocycles. The van der Waals surface area contributed by atoms with Gasteiger partial charge in [-0.15, -0.1) is 0 Å². The van der Waals surface area contributed by atoms with Gasteiger partial charge in [0.1, 0.15) is 5.75 Å². The second kappa shape index (κ2) is 7.26. The highest BCUT2D eigenvalue weighted by molar-refractivity contribution is 6.05. The summed E-state index contributed by atoms with van der Waals surface area (Å²) in [5.74, 6) is 0.261. The number of nitrogens with zero attached hydrogens (tertiary/aromatic N) is 1. The molecule has 0 saturated heterocycles. The second-order valence-corrected chi connectivity index (χ2v) is 5.39. The highest BCUT2D eigenvalue weighted by Crippen LogP contribution is 2.32. The summed E-state index contributed by atoms with van der Waals surface area (Å²) >= 11 is 0. The van der Waals surface area contributed by atoms with Crippen LogP contribution in [0.5, 0.6) is 5.75 Å². The van der Waals surface area contributed by atoms with Crippen LogP contribution in [-0.2, 0) is 19.2 Å². The zero-order valence-corrected chi connectivity index (χ0v) is 13.6. The first kappa shape index (κ1) is 17.0. The van der Waals surface area contributed by atoms with Gasteiger partial charge >= 0.3 is 5.97 Å². The third-order valence-corrected chi connectivity index (χ3v) is 3.89. The van der Waals surface area contributed by atoms with E-state index in [0.29, 0.717) is 18.7 Å². The van der Waals surface area contributed by atoms with Gasteiger partial charge < -0.3 is 14.3 Å². The standard InChI is InChI=1S/C17H21NO5/c1-4-22-16(20)9-10-17(12(2)19)11-15(18-23-17)13-5-7-14(21-3)8-6-13/h5-8H,4,9-11H2,1-3H3. The van der Waals surface area contributed by atoms with Crippen LogP contribution in [0.25, 0.3) is 0 Å². The van der Waals surface area contributed by atoms with Crippen LogP contribution in [0, 0.1) is 0 Å². The zero-order chi connectivity index (χ0) is 16.9. The molecule has 2 rings (SSSR count). The van der Waals surface area contributed by atoms with Gasteiger partial charge in [-0.2, -0.15) is 0 Å². The van der Waals surface area contributed by atoms with E-state index >= 15 is 0 Å². The van der Waals surface area contributed by atoms with Crippen molar-refractivity contribution in [3.63, 3.8) is 0 Å². The number of Topliss-reactive ketones (excluding diaryl/α,β-unsaturated/α-hetero) is 1. The minimum Gasteiger partial charge on any atom is -0.497 e. The third kappa shape index (κ3) is 3.88. The summed E-state index contributed by atoms with van der Waals surface area (Å²) in [6, 6.07) is 7.37. The van der Waals surface area contributed by atoms with Crippen molar-refractivity contribution in [3.8, 4) is 5.75 Å². The molecule has 0 saturated carbocycles. The lowest BCUT2D eigenvalue weighted by molar-refractivity contribution is -0.148. The van der Waals surface area contributed by atoms with Crippen LogP contribution in [-0.4, -0.2) is 36.8 Å². The highest BCUT2D eigenvalue weighted by Gasteiger charge is 2.44. The van der Waals surface area contributed by atoms with Crippen molar-refractivity contribution in [2.24, 2.45) is 5.16 Å². The molecule has 6 nitrogen and oxygen atoms in total. The van der Waals surface area contributed by atoms with Gasteiger partial charge in [0, 0.05) is 19.3 Å². The molecule has 0 radical (unpaired) electrons. The Balaban J connectivity index is 2.07. The molecule has 6 heteroatoms. The molecule has 0 amide bonds. The van der Waals surface area contributed by atoms with Crippen molar-refractivity contribution in [3.05, 3.63) is 29.8 Å². The molecule has 0 fully saturated rings. The average molecular weight is 319 g/mol. The van der Waals surface area contributed by atoms with Crippen LogP contribution in [0.4, 0.5) is 0 Å². The van der Waals surface area contributed by atoms with Crippen LogP contribution in [0.15, 0.2) is 29.4 Å². The molecule has 0 aromatic heterocycles. The number of hydrogen-bond donors (Lipinski definition) is 0. The molecular weight excluding hydrogens is 298 g/mol. The number of methoxy groups -OCH3 is 1. The van der Waals surface area contributed by atoms with Crippen molar-refractivity contribution in [2.75, 3.05) is 13.7 Å². The molecule has 1 heterocycles. The summed E-state index contributed by atoms with van der Waals surface area (Å²) in [4.78, 5) is 29.0. The number of hydrogen-bond acceptors (Lipinski definition) is 6. The summed E-state index contributed by atoms with van der Waals surface area (Å²) < 4.78 is 10.0. The normalized spacial score (nSPS) is 19.7. The lowest BCUT2D eigenvalue weighted by atomic mass is 9.87. The number of benzene rings is 1. The predicted molar refractivity (Wildman–Crippen MR) is 84.5 cm³/mol. The Morgan fingerprint density at radius 1 is 1.30 bits per heavy atom. The number of oxime groups is 1. The molecule has 0 N–H and O–H groups in total. The average Bonchev–Trinajstić information content (AvgIpc) is 2.99. The van der Waals surface area contributed by atoms with Crippen molar-refractivity contribution in [1.82, 2.24) is 0 Å². The molecule has 0 aliphatic carbocycles. The van der Waals surface area contributed by atoms with Crippen LogP contribution in [0.3, 0.4) is 0 Å². The van der Waals surface area contributed by atoms with Gasteiger partial charge in [0.25, 0.3) is 0 Å². The van der Waals surface area contributed by atoms with E-state index in [1.165, 1.54) is 6.92 Å². The summed E-state index contributed by atoms with van der Waals surface area (Å²) in [6.45, 7) is 3.52. The molecule has 1 aliphatic heterocycles. The van der Waals surface area contributed by atoms with Crippen molar-refractivity contribution in [2.45, 2.75) is 38.7 Å². The van der Waals surface area contributed by atoms with Crippen LogP contribution >= 0.6 is 0 Å². The Labute approximate surface area is 135 Å². The van der Waals surface area contributed by atoms with E-state index < -0.39 is 5.60 Å². The topological polar surface area (TPSA) is 74.2 Å². The van der Waals surface area contributed by atoms with Crippen LogP contribution < -0.4 is 4.74 Å². The van der Waals surface area contributed by atoms with Crippen molar-refractivity contribution < 1.29 is 23.9 Å². The summed E-state index contributed by atoms with van der Waals surface area (Å²) in [5.41, 5.74) is 0.471. The highest BCUT2D eigenvalue weighted by atomic mass is 16.7. The maximum Gasteiger partial charge on any atom is 0.305 e. The smallest absolute Gasteiger partial charge is 0.305 e.